The van der Waals surface area contributed by atoms with Crippen LogP contribution in [0.4, 0.5) is 0 Å². The SMILES string of the molecule is O=C(O)C1CC2CCCCC2N1CC1Cc2ccccc21. The molecule has 1 N–H and O–H groups in total. The Morgan fingerprint density at radius 2 is 2.05 bits per heavy atom. The maximum Gasteiger partial charge on any atom is 0.320 e. The molecule has 4 atom stereocenters. The van der Waals surface area contributed by atoms with Crippen LogP contribution in [-0.4, -0.2) is 34.6 Å². The van der Waals surface area contributed by atoms with Crippen molar-refractivity contribution in [3.8, 4) is 0 Å². The van der Waals surface area contributed by atoms with Gasteiger partial charge in [0.25, 0.3) is 0 Å². The highest BCUT2D eigenvalue weighted by Crippen LogP contribution is 2.43. The number of hydrogen-bond acceptors (Lipinski definition) is 2. The van der Waals surface area contributed by atoms with Gasteiger partial charge in [-0.1, -0.05) is 37.1 Å². The molecule has 3 nitrogen and oxygen atoms in total. The standard InChI is InChI=1S/C18H23NO2/c20-18(21)17-10-13-6-2-4-8-16(13)19(17)11-14-9-12-5-1-3-7-15(12)14/h1,3,5,7,13-14,16-17H,2,4,6,8-11H2,(H,20,21). The van der Waals surface area contributed by atoms with Crippen LogP contribution in [0, 0.1) is 5.92 Å². The van der Waals surface area contributed by atoms with Crippen molar-refractivity contribution in [2.24, 2.45) is 5.92 Å². The Morgan fingerprint density at radius 3 is 2.86 bits per heavy atom. The number of fused-ring (bicyclic) bond motifs is 2. The fraction of sp³-hybridized carbons (Fsp3) is 0.611. The van der Waals surface area contributed by atoms with Crippen LogP contribution in [0.5, 0.6) is 0 Å². The Balaban J connectivity index is 1.53. The molecule has 2 fully saturated rings. The Morgan fingerprint density at radius 1 is 1.24 bits per heavy atom. The summed E-state index contributed by atoms with van der Waals surface area (Å²) in [7, 11) is 0. The molecule has 1 aliphatic heterocycles. The van der Waals surface area contributed by atoms with Gasteiger partial charge >= 0.3 is 5.97 Å². The van der Waals surface area contributed by atoms with Crippen LogP contribution in [0.25, 0.3) is 0 Å². The lowest BCUT2D eigenvalue weighted by molar-refractivity contribution is -0.142. The normalized spacial score (nSPS) is 34.9. The number of benzene rings is 1. The number of likely N-dealkylation sites (tertiary alicyclic amines) is 1. The van der Waals surface area contributed by atoms with Crippen molar-refractivity contribution < 1.29 is 9.90 Å². The summed E-state index contributed by atoms with van der Waals surface area (Å²) >= 11 is 0. The molecule has 0 aromatic heterocycles. The third kappa shape index (κ3) is 2.18. The van der Waals surface area contributed by atoms with E-state index in [4.69, 9.17) is 0 Å². The van der Waals surface area contributed by atoms with Gasteiger partial charge in [0.15, 0.2) is 0 Å². The molecule has 3 aliphatic rings. The topological polar surface area (TPSA) is 40.5 Å². The maximum absolute atomic E-state index is 11.6. The number of rotatable bonds is 3. The fourth-order valence-corrected chi connectivity index (χ4v) is 4.84. The van der Waals surface area contributed by atoms with Crippen LogP contribution in [0.1, 0.15) is 49.1 Å². The Hall–Kier alpha value is -1.35. The second-order valence-electron chi connectivity index (χ2n) is 7.00. The highest BCUT2D eigenvalue weighted by Gasteiger charge is 2.46. The molecule has 1 saturated carbocycles. The summed E-state index contributed by atoms with van der Waals surface area (Å²) < 4.78 is 0. The first kappa shape index (κ1) is 13.3. The second-order valence-corrected chi connectivity index (χ2v) is 7.00. The van der Waals surface area contributed by atoms with Gasteiger partial charge in [0, 0.05) is 18.5 Å². The first-order valence-corrected chi connectivity index (χ1v) is 8.30. The molecule has 0 amide bonds. The number of carbonyl (C=O) groups is 1. The minimum absolute atomic E-state index is 0.245. The van der Waals surface area contributed by atoms with E-state index in [-0.39, 0.29) is 6.04 Å². The first-order chi connectivity index (χ1) is 10.2. The van der Waals surface area contributed by atoms with Crippen molar-refractivity contribution in [3.63, 3.8) is 0 Å². The van der Waals surface area contributed by atoms with E-state index in [2.05, 4.69) is 29.2 Å². The van der Waals surface area contributed by atoms with E-state index < -0.39 is 5.97 Å². The van der Waals surface area contributed by atoms with E-state index in [1.54, 1.807) is 0 Å². The highest BCUT2D eigenvalue weighted by atomic mass is 16.4. The van der Waals surface area contributed by atoms with Gasteiger partial charge in [-0.25, -0.2) is 0 Å². The summed E-state index contributed by atoms with van der Waals surface area (Å²) in [5, 5.41) is 9.59. The lowest BCUT2D eigenvalue weighted by Gasteiger charge is -2.39. The minimum Gasteiger partial charge on any atom is -0.480 e. The van der Waals surface area contributed by atoms with Crippen molar-refractivity contribution in [1.29, 1.82) is 0 Å². The van der Waals surface area contributed by atoms with Crippen LogP contribution >= 0.6 is 0 Å². The lowest BCUT2D eigenvalue weighted by Crippen LogP contribution is -2.45. The molecule has 4 unspecified atom stereocenters. The van der Waals surface area contributed by atoms with Gasteiger partial charge in [-0.2, -0.15) is 0 Å². The van der Waals surface area contributed by atoms with Gasteiger partial charge in [0.05, 0.1) is 0 Å². The van der Waals surface area contributed by atoms with E-state index in [0.29, 0.717) is 17.9 Å². The molecular formula is C18H23NO2. The van der Waals surface area contributed by atoms with Crippen molar-refractivity contribution in [2.75, 3.05) is 6.54 Å². The molecule has 1 aromatic carbocycles. The molecule has 1 saturated heterocycles. The monoisotopic (exact) mass is 285 g/mol. The van der Waals surface area contributed by atoms with E-state index in [9.17, 15) is 9.90 Å². The Bertz CT molecular complexity index is 556. The third-order valence-corrected chi connectivity index (χ3v) is 5.90. The van der Waals surface area contributed by atoms with Gasteiger partial charge in [0.1, 0.15) is 6.04 Å². The van der Waals surface area contributed by atoms with Crippen molar-refractivity contribution in [2.45, 2.75) is 56.5 Å². The molecule has 1 heterocycles. The molecule has 0 spiro atoms. The highest BCUT2D eigenvalue weighted by molar-refractivity contribution is 5.74. The summed E-state index contributed by atoms with van der Waals surface area (Å²) in [6, 6.07) is 8.90. The largest absolute Gasteiger partial charge is 0.480 e. The smallest absolute Gasteiger partial charge is 0.320 e. The molecule has 112 valence electrons. The average molecular weight is 285 g/mol. The van der Waals surface area contributed by atoms with Crippen molar-refractivity contribution in [1.82, 2.24) is 4.90 Å². The molecule has 1 aromatic rings. The zero-order chi connectivity index (χ0) is 14.4. The molecule has 4 rings (SSSR count). The lowest BCUT2D eigenvalue weighted by atomic mass is 9.77. The zero-order valence-corrected chi connectivity index (χ0v) is 12.4. The molecule has 21 heavy (non-hydrogen) atoms. The Kier molecular flexibility index (Phi) is 3.26. The number of hydrogen-bond donors (Lipinski definition) is 1. The van der Waals surface area contributed by atoms with E-state index >= 15 is 0 Å². The van der Waals surface area contributed by atoms with Gasteiger partial charge < -0.3 is 5.11 Å². The first-order valence-electron chi connectivity index (χ1n) is 8.30. The third-order valence-electron chi connectivity index (χ3n) is 5.90. The molecule has 3 heteroatoms. The number of nitrogens with zero attached hydrogens (tertiary/aromatic N) is 1. The van der Waals surface area contributed by atoms with E-state index in [0.717, 1.165) is 19.4 Å². The van der Waals surface area contributed by atoms with Crippen molar-refractivity contribution >= 4 is 5.97 Å². The molecule has 0 bridgehead atoms. The van der Waals surface area contributed by atoms with Crippen LogP contribution in [-0.2, 0) is 11.2 Å². The summed E-state index contributed by atoms with van der Waals surface area (Å²) in [6.45, 7) is 0.940. The molecular weight excluding hydrogens is 262 g/mol. The second kappa shape index (κ2) is 5.13. The van der Waals surface area contributed by atoms with Crippen LogP contribution in [0.15, 0.2) is 24.3 Å². The van der Waals surface area contributed by atoms with Crippen LogP contribution in [0.3, 0.4) is 0 Å². The minimum atomic E-state index is -0.614. The average Bonchev–Trinajstić information content (AvgIpc) is 2.84. The van der Waals surface area contributed by atoms with E-state index in [1.165, 1.54) is 36.8 Å². The predicted octanol–water partition coefficient (Wildman–Crippen LogP) is 3.04. The van der Waals surface area contributed by atoms with Gasteiger partial charge in [-0.15, -0.1) is 0 Å². The van der Waals surface area contributed by atoms with Gasteiger partial charge in [0.2, 0.25) is 0 Å². The summed E-state index contributed by atoms with van der Waals surface area (Å²) in [5.41, 5.74) is 2.90. The number of carboxylic acids is 1. The van der Waals surface area contributed by atoms with Crippen molar-refractivity contribution in [3.05, 3.63) is 35.4 Å². The zero-order valence-electron chi connectivity index (χ0n) is 12.4. The number of carboxylic acid groups (broad SMARTS) is 1. The van der Waals surface area contributed by atoms with E-state index in [1.807, 2.05) is 0 Å². The maximum atomic E-state index is 11.6. The van der Waals surface area contributed by atoms with Gasteiger partial charge in [-0.05, 0) is 42.7 Å². The summed E-state index contributed by atoms with van der Waals surface area (Å²) in [4.78, 5) is 14.0. The molecule has 2 aliphatic carbocycles. The summed E-state index contributed by atoms with van der Waals surface area (Å²) in [5.74, 6) is 0.552. The quantitative estimate of drug-likeness (QED) is 0.928. The summed E-state index contributed by atoms with van der Waals surface area (Å²) in [6.07, 6.45) is 6.97. The Labute approximate surface area is 126 Å². The molecule has 0 radical (unpaired) electrons. The number of aliphatic carboxylic acids is 1. The fourth-order valence-electron chi connectivity index (χ4n) is 4.84. The van der Waals surface area contributed by atoms with Crippen LogP contribution in [0.2, 0.25) is 0 Å². The van der Waals surface area contributed by atoms with Crippen LogP contribution < -0.4 is 0 Å². The van der Waals surface area contributed by atoms with Gasteiger partial charge in [-0.3, -0.25) is 9.69 Å². The predicted molar refractivity (Wildman–Crippen MR) is 81.4 cm³/mol.